The van der Waals surface area contributed by atoms with Crippen molar-refractivity contribution in [2.45, 2.75) is 44.2 Å². The molecule has 0 aromatic heterocycles. The molecule has 1 saturated heterocycles. The molecular formula is C11H20N2O2. The second-order valence-corrected chi connectivity index (χ2v) is 4.99. The molecule has 3 N–H and O–H groups in total. The fourth-order valence-electron chi connectivity index (χ4n) is 2.69. The molecule has 1 aliphatic heterocycles. The molecule has 0 spiro atoms. The third kappa shape index (κ3) is 2.01. The van der Waals surface area contributed by atoms with E-state index >= 15 is 0 Å². The number of hydrogen-bond donors (Lipinski definition) is 2. The monoisotopic (exact) mass is 212 g/mol. The summed E-state index contributed by atoms with van der Waals surface area (Å²) in [7, 11) is 0. The number of hydrogen-bond acceptors (Lipinski definition) is 3. The number of carboxylic acid groups (broad SMARTS) is 1. The average Bonchev–Trinajstić information content (AvgIpc) is 2.92. The fraction of sp³-hybridized carbons (Fsp3) is 0.909. The zero-order valence-electron chi connectivity index (χ0n) is 9.28. The first kappa shape index (κ1) is 10.9. The van der Waals surface area contributed by atoms with Gasteiger partial charge in [0.2, 0.25) is 0 Å². The third-order valence-electron chi connectivity index (χ3n) is 3.81. The molecular weight excluding hydrogens is 192 g/mol. The van der Waals surface area contributed by atoms with E-state index in [4.69, 9.17) is 10.8 Å². The van der Waals surface area contributed by atoms with Crippen LogP contribution in [0.15, 0.2) is 0 Å². The van der Waals surface area contributed by atoms with Gasteiger partial charge in [-0.15, -0.1) is 0 Å². The lowest BCUT2D eigenvalue weighted by atomic mass is 10.0. The summed E-state index contributed by atoms with van der Waals surface area (Å²) in [5, 5.41) is 9.05. The summed E-state index contributed by atoms with van der Waals surface area (Å²) in [6, 6.07) is 0.565. The van der Waals surface area contributed by atoms with Crippen LogP contribution in [0.3, 0.4) is 0 Å². The molecule has 86 valence electrons. The third-order valence-corrected chi connectivity index (χ3v) is 3.81. The highest BCUT2D eigenvalue weighted by Crippen LogP contribution is 2.38. The molecule has 2 fully saturated rings. The lowest BCUT2D eigenvalue weighted by Crippen LogP contribution is -2.51. The highest BCUT2D eigenvalue weighted by molar-refractivity contribution is 5.79. The van der Waals surface area contributed by atoms with Crippen LogP contribution in [-0.2, 0) is 4.79 Å². The van der Waals surface area contributed by atoms with Crippen molar-refractivity contribution in [1.29, 1.82) is 0 Å². The molecule has 0 bridgehead atoms. The summed E-state index contributed by atoms with van der Waals surface area (Å²) in [5.41, 5.74) is 4.87. The van der Waals surface area contributed by atoms with E-state index in [0.717, 1.165) is 18.9 Å². The Balaban J connectivity index is 1.99. The van der Waals surface area contributed by atoms with E-state index in [1.54, 1.807) is 0 Å². The molecule has 1 aliphatic carbocycles. The average molecular weight is 212 g/mol. The van der Waals surface area contributed by atoms with Gasteiger partial charge in [-0.2, -0.15) is 0 Å². The summed E-state index contributed by atoms with van der Waals surface area (Å²) in [5.74, 6) is -0.0539. The minimum atomic E-state index is -0.998. The van der Waals surface area contributed by atoms with Gasteiger partial charge < -0.3 is 10.8 Å². The smallest absolute Gasteiger partial charge is 0.325 e. The number of likely N-dealkylation sites (tertiary alicyclic amines) is 1. The Morgan fingerprint density at radius 3 is 2.73 bits per heavy atom. The van der Waals surface area contributed by atoms with Crippen molar-refractivity contribution in [3.05, 3.63) is 0 Å². The summed E-state index contributed by atoms with van der Waals surface area (Å²) < 4.78 is 0. The summed E-state index contributed by atoms with van der Waals surface area (Å²) in [6.45, 7) is 3.55. The minimum Gasteiger partial charge on any atom is -0.480 e. The molecule has 2 rings (SSSR count). The Labute approximate surface area is 90.4 Å². The van der Waals surface area contributed by atoms with Crippen LogP contribution in [0.5, 0.6) is 0 Å². The standard InChI is InChI=1S/C11H20N2O2/c1-2-9(8-3-4-8)13-6-5-11(12,7-13)10(14)15/h8-9H,2-7,12H2,1H3,(H,14,15). The van der Waals surface area contributed by atoms with Crippen LogP contribution in [0.1, 0.15) is 32.6 Å². The first-order valence-electron chi connectivity index (χ1n) is 5.83. The topological polar surface area (TPSA) is 66.6 Å². The van der Waals surface area contributed by atoms with Gasteiger partial charge in [0, 0.05) is 19.1 Å². The Morgan fingerprint density at radius 2 is 2.33 bits per heavy atom. The predicted octanol–water partition coefficient (Wildman–Crippen LogP) is 0.663. The van der Waals surface area contributed by atoms with Crippen molar-refractivity contribution in [1.82, 2.24) is 4.90 Å². The van der Waals surface area contributed by atoms with Gasteiger partial charge >= 0.3 is 5.97 Å². The van der Waals surface area contributed by atoms with Crippen molar-refractivity contribution >= 4 is 5.97 Å². The van der Waals surface area contributed by atoms with Gasteiger partial charge in [-0.05, 0) is 31.6 Å². The molecule has 1 heterocycles. The molecule has 0 radical (unpaired) electrons. The largest absolute Gasteiger partial charge is 0.480 e. The highest BCUT2D eigenvalue weighted by Gasteiger charge is 2.45. The minimum absolute atomic E-state index is 0.525. The molecule has 4 heteroatoms. The Kier molecular flexibility index (Phi) is 2.73. The van der Waals surface area contributed by atoms with E-state index in [2.05, 4.69) is 11.8 Å². The van der Waals surface area contributed by atoms with Crippen molar-refractivity contribution in [2.24, 2.45) is 11.7 Å². The molecule has 0 amide bonds. The van der Waals surface area contributed by atoms with E-state index in [1.165, 1.54) is 12.8 Å². The maximum atomic E-state index is 11.0. The fourth-order valence-corrected chi connectivity index (χ4v) is 2.69. The molecule has 1 saturated carbocycles. The molecule has 2 aliphatic rings. The number of rotatable bonds is 4. The van der Waals surface area contributed by atoms with Gasteiger partial charge in [-0.25, -0.2) is 0 Å². The van der Waals surface area contributed by atoms with Gasteiger partial charge in [0.25, 0.3) is 0 Å². The summed E-state index contributed by atoms with van der Waals surface area (Å²) >= 11 is 0. The zero-order valence-corrected chi connectivity index (χ0v) is 9.28. The number of nitrogens with two attached hydrogens (primary N) is 1. The van der Waals surface area contributed by atoms with Crippen LogP contribution >= 0.6 is 0 Å². The predicted molar refractivity (Wildman–Crippen MR) is 57.5 cm³/mol. The summed E-state index contributed by atoms with van der Waals surface area (Å²) in [4.78, 5) is 13.3. The Morgan fingerprint density at radius 1 is 1.67 bits per heavy atom. The summed E-state index contributed by atoms with van der Waals surface area (Å²) in [6.07, 6.45) is 4.31. The second-order valence-electron chi connectivity index (χ2n) is 4.99. The first-order chi connectivity index (χ1) is 7.07. The number of carbonyl (C=O) groups is 1. The lowest BCUT2D eigenvalue weighted by molar-refractivity contribution is -0.142. The van der Waals surface area contributed by atoms with Crippen molar-refractivity contribution < 1.29 is 9.90 Å². The number of carboxylic acids is 1. The van der Waals surface area contributed by atoms with Gasteiger partial charge in [0.05, 0.1) is 0 Å². The Hall–Kier alpha value is -0.610. The van der Waals surface area contributed by atoms with Gasteiger partial charge in [-0.1, -0.05) is 6.92 Å². The van der Waals surface area contributed by atoms with Crippen LogP contribution in [0.4, 0.5) is 0 Å². The molecule has 0 aromatic rings. The molecule has 4 nitrogen and oxygen atoms in total. The molecule has 2 unspecified atom stereocenters. The molecule has 2 atom stereocenters. The molecule has 15 heavy (non-hydrogen) atoms. The number of nitrogens with zero attached hydrogens (tertiary/aromatic N) is 1. The van der Waals surface area contributed by atoms with Crippen LogP contribution in [0, 0.1) is 5.92 Å². The second kappa shape index (κ2) is 3.76. The zero-order chi connectivity index (χ0) is 11.1. The van der Waals surface area contributed by atoms with E-state index < -0.39 is 11.5 Å². The van der Waals surface area contributed by atoms with Crippen LogP contribution in [0.25, 0.3) is 0 Å². The van der Waals surface area contributed by atoms with E-state index in [1.807, 2.05) is 0 Å². The van der Waals surface area contributed by atoms with Crippen molar-refractivity contribution in [2.75, 3.05) is 13.1 Å². The quantitative estimate of drug-likeness (QED) is 0.718. The van der Waals surface area contributed by atoms with Crippen LogP contribution in [0.2, 0.25) is 0 Å². The normalized spacial score (nSPS) is 34.3. The maximum Gasteiger partial charge on any atom is 0.325 e. The maximum absolute atomic E-state index is 11.0. The van der Waals surface area contributed by atoms with E-state index in [-0.39, 0.29) is 0 Å². The van der Waals surface area contributed by atoms with Gasteiger partial charge in [-0.3, -0.25) is 9.69 Å². The van der Waals surface area contributed by atoms with Crippen LogP contribution in [-0.4, -0.2) is 40.6 Å². The van der Waals surface area contributed by atoms with Crippen molar-refractivity contribution in [3.8, 4) is 0 Å². The van der Waals surface area contributed by atoms with Crippen molar-refractivity contribution in [3.63, 3.8) is 0 Å². The number of aliphatic carboxylic acids is 1. The highest BCUT2D eigenvalue weighted by atomic mass is 16.4. The van der Waals surface area contributed by atoms with Crippen LogP contribution < -0.4 is 5.73 Å². The first-order valence-corrected chi connectivity index (χ1v) is 5.83. The van der Waals surface area contributed by atoms with E-state index in [0.29, 0.717) is 19.0 Å². The SMILES string of the molecule is CCC(C1CC1)N1CCC(N)(C(=O)O)C1. The van der Waals surface area contributed by atoms with Gasteiger partial charge in [0.15, 0.2) is 0 Å². The molecule has 0 aromatic carbocycles. The Bertz CT molecular complexity index is 265. The van der Waals surface area contributed by atoms with E-state index in [9.17, 15) is 4.79 Å². The van der Waals surface area contributed by atoms with Gasteiger partial charge in [0.1, 0.15) is 5.54 Å². The lowest BCUT2D eigenvalue weighted by Gasteiger charge is -2.28.